The van der Waals surface area contributed by atoms with Crippen molar-refractivity contribution < 1.29 is 19.1 Å². The van der Waals surface area contributed by atoms with Crippen molar-refractivity contribution in [1.29, 1.82) is 0 Å². The summed E-state index contributed by atoms with van der Waals surface area (Å²) in [6.45, 7) is 3.91. The predicted molar refractivity (Wildman–Crippen MR) is 68.2 cm³/mol. The van der Waals surface area contributed by atoms with Gasteiger partial charge in [0.05, 0.1) is 0 Å². The number of urea groups is 1. The zero-order valence-electron chi connectivity index (χ0n) is 11.1. The summed E-state index contributed by atoms with van der Waals surface area (Å²) in [5.41, 5.74) is 5.64. The van der Waals surface area contributed by atoms with Crippen LogP contribution in [0.15, 0.2) is 18.2 Å². The summed E-state index contributed by atoms with van der Waals surface area (Å²) in [6, 6.07) is 4.43. The molecule has 2 N–H and O–H groups in total. The number of rotatable bonds is 1. The summed E-state index contributed by atoms with van der Waals surface area (Å²) in [7, 11) is 1.25. The third-order valence-corrected chi connectivity index (χ3v) is 2.86. The van der Waals surface area contributed by atoms with Gasteiger partial charge in [-0.15, -0.1) is 0 Å². The lowest BCUT2D eigenvalue weighted by atomic mass is 10.0. The first kappa shape index (κ1) is 13.2. The summed E-state index contributed by atoms with van der Waals surface area (Å²) in [6.07, 6.45) is -0.103. The highest BCUT2D eigenvalue weighted by Crippen LogP contribution is 2.41. The first-order valence-corrected chi connectivity index (χ1v) is 5.86. The quantitative estimate of drug-likeness (QED) is 0.840. The monoisotopic (exact) mass is 264 g/mol. The van der Waals surface area contributed by atoms with E-state index in [9.17, 15) is 9.59 Å². The SMILES string of the molecule is CN(C(N)=O)C(=O)Oc1cccc2c1OC(C)(C)C2. The smallest absolute Gasteiger partial charge is 0.423 e. The molecule has 2 rings (SSSR count). The molecule has 0 aromatic heterocycles. The van der Waals surface area contributed by atoms with Crippen LogP contribution in [0.4, 0.5) is 9.59 Å². The van der Waals surface area contributed by atoms with Crippen LogP contribution in [-0.2, 0) is 6.42 Å². The van der Waals surface area contributed by atoms with Crippen LogP contribution in [-0.4, -0.2) is 29.7 Å². The maximum atomic E-state index is 11.7. The summed E-state index contributed by atoms with van der Waals surface area (Å²) in [5, 5.41) is 0. The van der Waals surface area contributed by atoms with E-state index in [-0.39, 0.29) is 5.60 Å². The second kappa shape index (κ2) is 4.46. The van der Waals surface area contributed by atoms with E-state index >= 15 is 0 Å². The number of hydrogen-bond donors (Lipinski definition) is 1. The van der Waals surface area contributed by atoms with E-state index in [4.69, 9.17) is 15.2 Å². The van der Waals surface area contributed by atoms with Crippen molar-refractivity contribution in [3.05, 3.63) is 23.8 Å². The minimum Gasteiger partial charge on any atom is -0.483 e. The molecule has 0 radical (unpaired) electrons. The van der Waals surface area contributed by atoms with Gasteiger partial charge in [-0.2, -0.15) is 0 Å². The van der Waals surface area contributed by atoms with Crippen molar-refractivity contribution in [2.75, 3.05) is 7.05 Å². The van der Waals surface area contributed by atoms with Crippen LogP contribution in [0.5, 0.6) is 11.5 Å². The van der Waals surface area contributed by atoms with E-state index in [1.54, 1.807) is 12.1 Å². The molecule has 3 amide bonds. The number of fused-ring (bicyclic) bond motifs is 1. The largest absolute Gasteiger partial charge is 0.483 e. The van der Waals surface area contributed by atoms with Gasteiger partial charge in [0, 0.05) is 19.0 Å². The lowest BCUT2D eigenvalue weighted by molar-refractivity contribution is 0.130. The molecule has 1 aliphatic heterocycles. The van der Waals surface area contributed by atoms with Gasteiger partial charge in [0.1, 0.15) is 5.60 Å². The fourth-order valence-corrected chi connectivity index (χ4v) is 1.92. The van der Waals surface area contributed by atoms with Gasteiger partial charge in [0.2, 0.25) is 0 Å². The van der Waals surface area contributed by atoms with Crippen LogP contribution in [0.25, 0.3) is 0 Å². The molecule has 0 atom stereocenters. The van der Waals surface area contributed by atoms with Crippen molar-refractivity contribution in [2.45, 2.75) is 25.9 Å². The number of para-hydroxylation sites is 1. The van der Waals surface area contributed by atoms with Crippen molar-refractivity contribution in [2.24, 2.45) is 5.73 Å². The Morgan fingerprint density at radius 2 is 2.11 bits per heavy atom. The molecule has 0 spiro atoms. The third-order valence-electron chi connectivity index (χ3n) is 2.86. The van der Waals surface area contributed by atoms with E-state index in [0.717, 1.165) is 12.0 Å². The summed E-state index contributed by atoms with van der Waals surface area (Å²) in [5.74, 6) is 0.833. The molecule has 0 bridgehead atoms. The normalized spacial score (nSPS) is 15.3. The first-order valence-electron chi connectivity index (χ1n) is 5.86. The molecule has 0 fully saturated rings. The van der Waals surface area contributed by atoms with Crippen molar-refractivity contribution in [3.8, 4) is 11.5 Å². The van der Waals surface area contributed by atoms with Gasteiger partial charge >= 0.3 is 12.1 Å². The molecule has 6 nitrogen and oxygen atoms in total. The van der Waals surface area contributed by atoms with E-state index in [1.807, 2.05) is 19.9 Å². The molecule has 1 aromatic rings. The Bertz CT molecular complexity index is 539. The van der Waals surface area contributed by atoms with Crippen LogP contribution in [0.2, 0.25) is 0 Å². The highest BCUT2D eigenvalue weighted by molar-refractivity contribution is 5.90. The van der Waals surface area contributed by atoms with Crippen LogP contribution >= 0.6 is 0 Å². The van der Waals surface area contributed by atoms with Crippen LogP contribution in [0.3, 0.4) is 0 Å². The number of hydrogen-bond acceptors (Lipinski definition) is 4. The Hall–Kier alpha value is -2.24. The number of carbonyl (C=O) groups excluding carboxylic acids is 2. The van der Waals surface area contributed by atoms with Crippen LogP contribution < -0.4 is 15.2 Å². The number of nitrogens with two attached hydrogens (primary N) is 1. The average Bonchev–Trinajstić information content (AvgIpc) is 2.63. The molecule has 1 heterocycles. The molecule has 6 heteroatoms. The number of primary amides is 1. The molecule has 0 aliphatic carbocycles. The number of benzene rings is 1. The van der Waals surface area contributed by atoms with E-state index in [2.05, 4.69) is 0 Å². The Balaban J connectivity index is 2.23. The highest BCUT2D eigenvalue weighted by atomic mass is 16.6. The number of carbonyl (C=O) groups is 2. The Labute approximate surface area is 111 Å². The summed E-state index contributed by atoms with van der Waals surface area (Å²) >= 11 is 0. The topological polar surface area (TPSA) is 81.9 Å². The standard InChI is InChI=1S/C13H16N2O4/c1-13(2)7-8-5-4-6-9(10(8)19-13)18-12(17)15(3)11(14)16/h4-6H,7H2,1-3H3,(H2,14,16). The van der Waals surface area contributed by atoms with Gasteiger partial charge in [0.25, 0.3) is 0 Å². The number of ether oxygens (including phenoxy) is 2. The van der Waals surface area contributed by atoms with E-state index in [0.29, 0.717) is 16.4 Å². The van der Waals surface area contributed by atoms with Crippen molar-refractivity contribution in [3.63, 3.8) is 0 Å². The van der Waals surface area contributed by atoms with Crippen molar-refractivity contribution >= 4 is 12.1 Å². The maximum absolute atomic E-state index is 11.7. The Morgan fingerprint density at radius 1 is 1.42 bits per heavy atom. The maximum Gasteiger partial charge on any atom is 0.423 e. The van der Waals surface area contributed by atoms with Crippen LogP contribution in [0.1, 0.15) is 19.4 Å². The first-order chi connectivity index (χ1) is 8.80. The van der Waals surface area contributed by atoms with E-state index in [1.165, 1.54) is 7.05 Å². The third kappa shape index (κ3) is 2.62. The zero-order chi connectivity index (χ0) is 14.2. The average molecular weight is 264 g/mol. The fourth-order valence-electron chi connectivity index (χ4n) is 1.92. The Kier molecular flexibility index (Phi) is 3.09. The van der Waals surface area contributed by atoms with E-state index < -0.39 is 12.1 Å². The molecular weight excluding hydrogens is 248 g/mol. The second-order valence-electron chi connectivity index (χ2n) is 5.05. The molecule has 0 saturated carbocycles. The Morgan fingerprint density at radius 3 is 2.74 bits per heavy atom. The molecule has 1 aliphatic rings. The lowest BCUT2D eigenvalue weighted by Crippen LogP contribution is -2.39. The zero-order valence-corrected chi connectivity index (χ0v) is 11.1. The minimum absolute atomic E-state index is 0.293. The highest BCUT2D eigenvalue weighted by Gasteiger charge is 2.33. The second-order valence-corrected chi connectivity index (χ2v) is 5.05. The number of imide groups is 1. The number of amides is 3. The lowest BCUT2D eigenvalue weighted by Gasteiger charge is -2.18. The molecule has 0 saturated heterocycles. The molecule has 102 valence electrons. The molecule has 19 heavy (non-hydrogen) atoms. The van der Waals surface area contributed by atoms with Gasteiger partial charge in [0.15, 0.2) is 11.5 Å². The number of nitrogens with zero attached hydrogens (tertiary/aromatic N) is 1. The summed E-state index contributed by atoms with van der Waals surface area (Å²) < 4.78 is 10.9. The minimum atomic E-state index is -0.876. The molecule has 1 aromatic carbocycles. The van der Waals surface area contributed by atoms with Gasteiger partial charge in [-0.1, -0.05) is 12.1 Å². The van der Waals surface area contributed by atoms with Gasteiger partial charge < -0.3 is 15.2 Å². The van der Waals surface area contributed by atoms with Crippen LogP contribution in [0, 0.1) is 0 Å². The summed E-state index contributed by atoms with van der Waals surface area (Å²) in [4.78, 5) is 23.2. The predicted octanol–water partition coefficient (Wildman–Crippen LogP) is 1.91. The van der Waals surface area contributed by atoms with Gasteiger partial charge in [-0.3, -0.25) is 0 Å². The van der Waals surface area contributed by atoms with Gasteiger partial charge in [-0.25, -0.2) is 14.5 Å². The molecule has 0 unspecified atom stereocenters. The van der Waals surface area contributed by atoms with Crippen molar-refractivity contribution in [1.82, 2.24) is 4.90 Å². The fraction of sp³-hybridized carbons (Fsp3) is 0.385. The molecular formula is C13H16N2O4. The van der Waals surface area contributed by atoms with Gasteiger partial charge in [-0.05, 0) is 19.9 Å².